The van der Waals surface area contributed by atoms with Crippen molar-refractivity contribution in [1.82, 2.24) is 0 Å². The molecule has 2 heteroatoms. The summed E-state index contributed by atoms with van der Waals surface area (Å²) < 4.78 is 11.8. The normalized spacial score (nSPS) is 11.8. The second-order valence-corrected chi connectivity index (χ2v) is 20.8. The van der Waals surface area contributed by atoms with Crippen LogP contribution in [0.4, 0.5) is 0 Å². The maximum absolute atomic E-state index is 5.46. The predicted molar refractivity (Wildman–Crippen MR) is 115 cm³/mol. The van der Waals surface area contributed by atoms with Crippen LogP contribution in [0.5, 0.6) is 5.75 Å². The summed E-state index contributed by atoms with van der Waals surface area (Å²) in [5, 5.41) is 2.70. The van der Waals surface area contributed by atoms with Gasteiger partial charge in [-0.1, -0.05) is 0 Å². The Hall–Kier alpha value is -0.701. The summed E-state index contributed by atoms with van der Waals surface area (Å²) in [6.07, 6.45) is 8.24. The van der Waals surface area contributed by atoms with E-state index in [0.29, 0.717) is 0 Å². The monoisotopic (exact) mass is 448 g/mol. The zero-order valence-electron chi connectivity index (χ0n) is 16.7. The third kappa shape index (κ3) is 5.39. The van der Waals surface area contributed by atoms with Crippen molar-refractivity contribution in [2.45, 2.75) is 72.6 Å². The van der Waals surface area contributed by atoms with Gasteiger partial charge in [0.2, 0.25) is 0 Å². The van der Waals surface area contributed by atoms with Crippen LogP contribution < -0.4 is 8.32 Å². The molecule has 0 saturated carbocycles. The third-order valence-electron chi connectivity index (χ3n) is 5.69. The number of rotatable bonds is 11. The van der Waals surface area contributed by atoms with Crippen LogP contribution in [0.1, 0.15) is 59.3 Å². The Bertz CT molecular complexity index is 628. The van der Waals surface area contributed by atoms with Gasteiger partial charge in [0, 0.05) is 0 Å². The molecule has 0 atom stereocenters. The fourth-order valence-electron chi connectivity index (χ4n) is 4.04. The van der Waals surface area contributed by atoms with Crippen LogP contribution in [0, 0.1) is 0 Å². The molecule has 0 aliphatic rings. The molecule has 0 heterocycles. The summed E-state index contributed by atoms with van der Waals surface area (Å²) >= 11 is -2.32. The first-order chi connectivity index (χ1) is 12.2. The summed E-state index contributed by atoms with van der Waals surface area (Å²) in [6.45, 7) is 7.05. The van der Waals surface area contributed by atoms with Gasteiger partial charge in [-0.15, -0.1) is 0 Å². The van der Waals surface area contributed by atoms with E-state index in [9.17, 15) is 0 Å². The second kappa shape index (κ2) is 10.4. The summed E-state index contributed by atoms with van der Waals surface area (Å²) in [5.74, 6) is 0.973. The number of benzene rings is 2. The molecule has 0 aliphatic carbocycles. The Kier molecular flexibility index (Phi) is 8.61. The van der Waals surface area contributed by atoms with Gasteiger partial charge >= 0.3 is 159 Å². The molecule has 0 N–H and O–H groups in total. The molecule has 0 amide bonds. The zero-order valence-corrected chi connectivity index (χ0v) is 19.6. The van der Waals surface area contributed by atoms with Gasteiger partial charge in [0.15, 0.2) is 0 Å². The summed E-state index contributed by atoms with van der Waals surface area (Å²) in [4.78, 5) is 0. The fraction of sp³-hybridized carbons (Fsp3) is 0.565. The summed E-state index contributed by atoms with van der Waals surface area (Å²) in [7, 11) is 1.76. The van der Waals surface area contributed by atoms with E-state index in [2.05, 4.69) is 57.2 Å². The summed E-state index contributed by atoms with van der Waals surface area (Å²) in [6, 6.07) is 13.9. The van der Waals surface area contributed by atoms with Gasteiger partial charge in [0.05, 0.1) is 0 Å². The molecule has 2 rings (SSSR count). The van der Waals surface area contributed by atoms with Gasteiger partial charge in [-0.2, -0.15) is 0 Å². The minimum atomic E-state index is -2.32. The first-order valence-electron chi connectivity index (χ1n) is 10.3. The SMILES string of the molecule is CCC[CH2][Sn]([CH2]CCC)([CH2]CCC)[c]1ccc2ccc(OC)cc2c1. The Labute approximate surface area is 159 Å². The van der Waals surface area contributed by atoms with Crippen molar-refractivity contribution < 1.29 is 4.74 Å². The first kappa shape index (κ1) is 20.6. The average molecular weight is 447 g/mol. The zero-order chi connectivity index (χ0) is 18.1. The Balaban J connectivity index is 2.46. The third-order valence-corrected chi connectivity index (χ3v) is 21.3. The predicted octanol–water partition coefficient (Wildman–Crippen LogP) is 6.90. The van der Waals surface area contributed by atoms with E-state index in [-0.39, 0.29) is 0 Å². The van der Waals surface area contributed by atoms with Gasteiger partial charge in [-0.25, -0.2) is 0 Å². The van der Waals surface area contributed by atoms with Gasteiger partial charge in [-0.05, 0) is 0 Å². The number of hydrogen-bond acceptors (Lipinski definition) is 1. The average Bonchev–Trinajstić information content (AvgIpc) is 2.66. The number of hydrogen-bond donors (Lipinski definition) is 0. The topological polar surface area (TPSA) is 9.23 Å². The van der Waals surface area contributed by atoms with Crippen LogP contribution in [-0.4, -0.2) is 25.5 Å². The molecule has 1 nitrogen and oxygen atoms in total. The summed E-state index contributed by atoms with van der Waals surface area (Å²) in [5.41, 5.74) is 0. The van der Waals surface area contributed by atoms with Crippen LogP contribution in [0.25, 0.3) is 10.8 Å². The van der Waals surface area contributed by atoms with Crippen LogP contribution in [0.15, 0.2) is 36.4 Å². The number of unbranched alkanes of at least 4 members (excludes halogenated alkanes) is 3. The van der Waals surface area contributed by atoms with Crippen LogP contribution in [0.2, 0.25) is 13.3 Å². The molecule has 0 aliphatic heterocycles. The van der Waals surface area contributed by atoms with Crippen molar-refractivity contribution in [1.29, 1.82) is 0 Å². The van der Waals surface area contributed by atoms with Crippen LogP contribution in [-0.2, 0) is 0 Å². The van der Waals surface area contributed by atoms with Gasteiger partial charge < -0.3 is 0 Å². The fourth-order valence-corrected chi connectivity index (χ4v) is 20.0. The van der Waals surface area contributed by atoms with Crippen molar-refractivity contribution in [3.63, 3.8) is 0 Å². The van der Waals surface area contributed by atoms with E-state index in [1.54, 1.807) is 10.7 Å². The molecule has 2 aromatic carbocycles. The molecular weight excluding hydrogens is 411 g/mol. The van der Waals surface area contributed by atoms with Gasteiger partial charge in [-0.3, -0.25) is 0 Å². The molecule has 25 heavy (non-hydrogen) atoms. The van der Waals surface area contributed by atoms with Crippen molar-refractivity contribution in [2.24, 2.45) is 0 Å². The molecule has 0 saturated heterocycles. The van der Waals surface area contributed by atoms with Crippen molar-refractivity contribution >= 4 is 32.7 Å². The Morgan fingerprint density at radius 1 is 0.720 bits per heavy atom. The Morgan fingerprint density at radius 3 is 1.80 bits per heavy atom. The molecule has 0 aromatic heterocycles. The molecule has 0 fully saturated rings. The van der Waals surface area contributed by atoms with E-state index in [1.165, 1.54) is 62.6 Å². The second-order valence-electron chi connectivity index (χ2n) is 7.52. The van der Waals surface area contributed by atoms with Gasteiger partial charge in [0.1, 0.15) is 0 Å². The van der Waals surface area contributed by atoms with E-state index < -0.39 is 18.4 Å². The van der Waals surface area contributed by atoms with Gasteiger partial charge in [0.25, 0.3) is 0 Å². The number of fused-ring (bicyclic) bond motifs is 1. The first-order valence-corrected chi connectivity index (χ1v) is 17.8. The molecule has 0 spiro atoms. The molecule has 0 bridgehead atoms. The molecular formula is C23H36OSn. The molecule has 138 valence electrons. The van der Waals surface area contributed by atoms with E-state index >= 15 is 0 Å². The van der Waals surface area contributed by atoms with Crippen molar-refractivity contribution in [2.75, 3.05) is 7.11 Å². The number of ether oxygens (including phenoxy) is 1. The van der Waals surface area contributed by atoms with E-state index in [0.717, 1.165) is 5.75 Å². The molecule has 0 radical (unpaired) electrons. The van der Waals surface area contributed by atoms with Crippen molar-refractivity contribution in [3.05, 3.63) is 36.4 Å². The standard InChI is InChI=1S/C11H9O.3C4H9.Sn/c1-12-11-7-6-9-4-2-3-5-10(9)8-11;3*1-3-4-2;/h2,4-8H,1H3;3*1,3-4H2,2H3;. The minimum absolute atomic E-state index is 0.973. The maximum atomic E-state index is 5.46. The van der Waals surface area contributed by atoms with E-state index in [4.69, 9.17) is 4.74 Å². The quantitative estimate of drug-likeness (QED) is 0.341. The number of methoxy groups -OCH3 is 1. The molecule has 2 aromatic rings. The Morgan fingerprint density at radius 2 is 1.28 bits per heavy atom. The van der Waals surface area contributed by atoms with Crippen LogP contribution in [0.3, 0.4) is 0 Å². The van der Waals surface area contributed by atoms with Crippen molar-refractivity contribution in [3.8, 4) is 5.75 Å². The molecule has 0 unspecified atom stereocenters. The van der Waals surface area contributed by atoms with E-state index in [1.807, 2.05) is 0 Å². The van der Waals surface area contributed by atoms with Crippen LogP contribution >= 0.6 is 0 Å².